The molecule has 2 aromatic carbocycles. The number of amides is 1. The van der Waals surface area contributed by atoms with Gasteiger partial charge >= 0.3 is 0 Å². The number of nitrogens with zero attached hydrogens (tertiary/aromatic N) is 1. The average molecular weight is 351 g/mol. The highest BCUT2D eigenvalue weighted by atomic mass is 16.5. The second-order valence-electron chi connectivity index (χ2n) is 6.06. The SMILES string of the molecule is CC(=O)Nc1ccc(CCNCc2cccc(OCCCC#N)c2)cc1. The van der Waals surface area contributed by atoms with Crippen LogP contribution in [0.2, 0.25) is 0 Å². The van der Waals surface area contributed by atoms with Crippen LogP contribution in [0, 0.1) is 11.3 Å². The van der Waals surface area contributed by atoms with Crippen molar-refractivity contribution < 1.29 is 9.53 Å². The van der Waals surface area contributed by atoms with Crippen molar-refractivity contribution in [3.63, 3.8) is 0 Å². The molecule has 5 heteroatoms. The zero-order valence-corrected chi connectivity index (χ0v) is 15.1. The molecular formula is C21H25N3O2. The Morgan fingerprint density at radius 2 is 1.96 bits per heavy atom. The van der Waals surface area contributed by atoms with E-state index in [0.717, 1.165) is 37.4 Å². The molecule has 0 aliphatic rings. The lowest BCUT2D eigenvalue weighted by molar-refractivity contribution is -0.114. The molecule has 0 saturated heterocycles. The van der Waals surface area contributed by atoms with E-state index >= 15 is 0 Å². The summed E-state index contributed by atoms with van der Waals surface area (Å²) in [5.74, 6) is 0.784. The van der Waals surface area contributed by atoms with Gasteiger partial charge in [0.05, 0.1) is 12.7 Å². The molecule has 0 aliphatic heterocycles. The molecule has 2 aromatic rings. The fourth-order valence-electron chi connectivity index (χ4n) is 2.51. The molecule has 0 bridgehead atoms. The maximum Gasteiger partial charge on any atom is 0.221 e. The molecule has 2 N–H and O–H groups in total. The summed E-state index contributed by atoms with van der Waals surface area (Å²) in [5.41, 5.74) is 3.21. The highest BCUT2D eigenvalue weighted by molar-refractivity contribution is 5.88. The van der Waals surface area contributed by atoms with E-state index < -0.39 is 0 Å². The van der Waals surface area contributed by atoms with Crippen LogP contribution in [0.5, 0.6) is 5.75 Å². The Kier molecular flexibility index (Phi) is 8.17. The normalized spacial score (nSPS) is 10.2. The Morgan fingerprint density at radius 1 is 1.15 bits per heavy atom. The summed E-state index contributed by atoms with van der Waals surface area (Å²) in [5, 5.41) is 14.7. The molecule has 0 heterocycles. The van der Waals surface area contributed by atoms with E-state index in [2.05, 4.69) is 22.8 Å². The van der Waals surface area contributed by atoms with Crippen LogP contribution >= 0.6 is 0 Å². The van der Waals surface area contributed by atoms with E-state index in [9.17, 15) is 4.79 Å². The predicted octanol–water partition coefficient (Wildman–Crippen LogP) is 3.66. The van der Waals surface area contributed by atoms with Crippen LogP contribution in [0.15, 0.2) is 48.5 Å². The lowest BCUT2D eigenvalue weighted by Gasteiger charge is -2.09. The summed E-state index contributed by atoms with van der Waals surface area (Å²) in [4.78, 5) is 11.0. The van der Waals surface area contributed by atoms with Crippen molar-refractivity contribution in [3.05, 3.63) is 59.7 Å². The van der Waals surface area contributed by atoms with Crippen molar-refractivity contribution >= 4 is 11.6 Å². The molecule has 2 rings (SSSR count). The number of hydrogen-bond acceptors (Lipinski definition) is 4. The smallest absolute Gasteiger partial charge is 0.221 e. The van der Waals surface area contributed by atoms with Gasteiger partial charge in [0.2, 0.25) is 5.91 Å². The molecule has 0 radical (unpaired) electrons. The quantitative estimate of drug-likeness (QED) is 0.641. The van der Waals surface area contributed by atoms with Crippen LogP contribution in [0.4, 0.5) is 5.69 Å². The first kappa shape index (κ1) is 19.5. The Hall–Kier alpha value is -2.84. The van der Waals surface area contributed by atoms with E-state index in [1.807, 2.05) is 42.5 Å². The molecule has 0 fully saturated rings. The third-order valence-electron chi connectivity index (χ3n) is 3.79. The van der Waals surface area contributed by atoms with Crippen molar-refractivity contribution in [1.82, 2.24) is 5.32 Å². The van der Waals surface area contributed by atoms with Gasteiger partial charge in [0.15, 0.2) is 0 Å². The van der Waals surface area contributed by atoms with Crippen LogP contribution in [0.25, 0.3) is 0 Å². The van der Waals surface area contributed by atoms with Gasteiger partial charge in [0, 0.05) is 25.6 Å². The van der Waals surface area contributed by atoms with Gasteiger partial charge in [-0.05, 0) is 54.8 Å². The summed E-state index contributed by atoms with van der Waals surface area (Å²) in [7, 11) is 0. The van der Waals surface area contributed by atoms with E-state index in [1.54, 1.807) is 0 Å². The third-order valence-corrected chi connectivity index (χ3v) is 3.79. The minimum absolute atomic E-state index is 0.0595. The molecule has 0 saturated carbocycles. The molecule has 0 atom stereocenters. The first-order valence-electron chi connectivity index (χ1n) is 8.83. The summed E-state index contributed by atoms with van der Waals surface area (Å²) < 4.78 is 5.65. The van der Waals surface area contributed by atoms with E-state index in [-0.39, 0.29) is 5.91 Å². The van der Waals surface area contributed by atoms with Crippen molar-refractivity contribution in [2.75, 3.05) is 18.5 Å². The number of nitrogens with one attached hydrogen (secondary N) is 2. The number of hydrogen-bond donors (Lipinski definition) is 2. The maximum absolute atomic E-state index is 11.0. The summed E-state index contributed by atoms with van der Waals surface area (Å²) in [6, 6.07) is 18.0. The summed E-state index contributed by atoms with van der Waals surface area (Å²) in [6.07, 6.45) is 2.19. The molecule has 136 valence electrons. The van der Waals surface area contributed by atoms with Crippen LogP contribution in [-0.2, 0) is 17.8 Å². The fourth-order valence-corrected chi connectivity index (χ4v) is 2.51. The Bertz CT molecular complexity index is 736. The summed E-state index contributed by atoms with van der Waals surface area (Å²) in [6.45, 7) is 3.72. The molecule has 0 unspecified atom stereocenters. The number of anilines is 1. The van der Waals surface area contributed by atoms with E-state index in [4.69, 9.17) is 10.00 Å². The summed E-state index contributed by atoms with van der Waals surface area (Å²) >= 11 is 0. The number of carbonyl (C=O) groups excluding carboxylic acids is 1. The van der Waals surface area contributed by atoms with Crippen LogP contribution in [0.3, 0.4) is 0 Å². The predicted molar refractivity (Wildman–Crippen MR) is 103 cm³/mol. The number of unbranched alkanes of at least 4 members (excludes halogenated alkanes) is 1. The lowest BCUT2D eigenvalue weighted by atomic mass is 10.1. The number of benzene rings is 2. The van der Waals surface area contributed by atoms with Gasteiger partial charge in [-0.2, -0.15) is 5.26 Å². The number of carbonyl (C=O) groups is 1. The minimum atomic E-state index is -0.0595. The van der Waals surface area contributed by atoms with Gasteiger partial charge in [-0.1, -0.05) is 24.3 Å². The maximum atomic E-state index is 11.0. The number of nitriles is 1. The Morgan fingerprint density at radius 3 is 2.69 bits per heavy atom. The lowest BCUT2D eigenvalue weighted by Crippen LogP contribution is -2.16. The molecule has 1 amide bonds. The van der Waals surface area contributed by atoms with Crippen molar-refractivity contribution in [2.45, 2.75) is 32.7 Å². The first-order valence-corrected chi connectivity index (χ1v) is 8.83. The van der Waals surface area contributed by atoms with E-state index in [0.29, 0.717) is 13.0 Å². The van der Waals surface area contributed by atoms with Crippen molar-refractivity contribution in [2.24, 2.45) is 0 Å². The molecule has 5 nitrogen and oxygen atoms in total. The topological polar surface area (TPSA) is 74.2 Å². The van der Waals surface area contributed by atoms with Gasteiger partial charge in [-0.15, -0.1) is 0 Å². The zero-order valence-electron chi connectivity index (χ0n) is 15.1. The van der Waals surface area contributed by atoms with Crippen molar-refractivity contribution in [1.29, 1.82) is 5.26 Å². The monoisotopic (exact) mass is 351 g/mol. The standard InChI is InChI=1S/C21H25N3O2/c1-17(25)24-20-9-7-18(8-10-20)11-13-23-16-19-5-4-6-21(15-19)26-14-3-2-12-22/h4-10,15,23H,2-3,11,13-14,16H2,1H3,(H,24,25). The number of ether oxygens (including phenoxy) is 1. The highest BCUT2D eigenvalue weighted by Crippen LogP contribution is 2.14. The molecule has 26 heavy (non-hydrogen) atoms. The van der Waals surface area contributed by atoms with Gasteiger partial charge in [0.25, 0.3) is 0 Å². The van der Waals surface area contributed by atoms with Crippen molar-refractivity contribution in [3.8, 4) is 11.8 Å². The molecule has 0 aliphatic carbocycles. The van der Waals surface area contributed by atoms with E-state index in [1.165, 1.54) is 18.1 Å². The Balaban J connectivity index is 1.70. The Labute approximate surface area is 155 Å². The second-order valence-corrected chi connectivity index (χ2v) is 6.06. The second kappa shape index (κ2) is 10.9. The van der Waals surface area contributed by atoms with Gasteiger partial charge < -0.3 is 15.4 Å². The highest BCUT2D eigenvalue weighted by Gasteiger charge is 1.99. The van der Waals surface area contributed by atoms with Gasteiger partial charge in [-0.3, -0.25) is 4.79 Å². The zero-order chi connectivity index (χ0) is 18.6. The van der Waals surface area contributed by atoms with Crippen LogP contribution in [0.1, 0.15) is 30.9 Å². The molecule has 0 spiro atoms. The van der Waals surface area contributed by atoms with Crippen LogP contribution in [-0.4, -0.2) is 19.1 Å². The minimum Gasteiger partial charge on any atom is -0.494 e. The van der Waals surface area contributed by atoms with Gasteiger partial charge in [0.1, 0.15) is 5.75 Å². The number of rotatable bonds is 10. The molecule has 0 aromatic heterocycles. The average Bonchev–Trinajstić information content (AvgIpc) is 2.64. The van der Waals surface area contributed by atoms with Gasteiger partial charge in [-0.25, -0.2) is 0 Å². The molecular weight excluding hydrogens is 326 g/mol. The largest absolute Gasteiger partial charge is 0.494 e. The first-order chi connectivity index (χ1) is 12.7. The van der Waals surface area contributed by atoms with Crippen LogP contribution < -0.4 is 15.4 Å². The fraction of sp³-hybridized carbons (Fsp3) is 0.333. The third kappa shape index (κ3) is 7.37.